The van der Waals surface area contributed by atoms with Crippen molar-refractivity contribution in [1.82, 2.24) is 4.90 Å². The summed E-state index contributed by atoms with van der Waals surface area (Å²) in [4.78, 5) is 14.3. The van der Waals surface area contributed by atoms with Crippen molar-refractivity contribution < 1.29 is 13.9 Å². The molecular weight excluding hydrogens is 378 g/mol. The van der Waals surface area contributed by atoms with Crippen LogP contribution in [0.3, 0.4) is 0 Å². The average molecular weight is 399 g/mol. The van der Waals surface area contributed by atoms with Gasteiger partial charge in [-0.15, -0.1) is 12.4 Å². The van der Waals surface area contributed by atoms with Crippen molar-refractivity contribution in [2.24, 2.45) is 11.7 Å². The molecule has 0 spiro atoms. The molecule has 0 aromatic heterocycles. The van der Waals surface area contributed by atoms with Crippen molar-refractivity contribution >= 4 is 29.9 Å². The lowest BCUT2D eigenvalue weighted by atomic mass is 9.96. The standard InChI is InChI=1S/C19H20ClFN2O2.ClH/c20-15-2-4-16(5-3-15)25-18-6-1-14(11-17(18)21)19(24)23-9-7-13(12-22)8-10-23;/h1-6,11,13H,7-10,12,22H2;1H. The van der Waals surface area contributed by atoms with Gasteiger partial charge in [0.05, 0.1) is 0 Å². The molecule has 1 amide bonds. The molecule has 0 atom stereocenters. The van der Waals surface area contributed by atoms with Crippen LogP contribution in [-0.2, 0) is 0 Å². The summed E-state index contributed by atoms with van der Waals surface area (Å²) in [7, 11) is 0. The molecule has 0 bridgehead atoms. The molecule has 4 nitrogen and oxygen atoms in total. The van der Waals surface area contributed by atoms with E-state index >= 15 is 0 Å². The lowest BCUT2D eigenvalue weighted by molar-refractivity contribution is 0.0693. The third kappa shape index (κ3) is 4.87. The van der Waals surface area contributed by atoms with E-state index in [0.29, 0.717) is 41.9 Å². The van der Waals surface area contributed by atoms with Crippen LogP contribution in [0, 0.1) is 11.7 Å². The molecule has 1 saturated heterocycles. The number of amides is 1. The van der Waals surface area contributed by atoms with E-state index in [4.69, 9.17) is 22.1 Å². The second-order valence-corrected chi connectivity index (χ2v) is 6.61. The number of rotatable bonds is 4. The van der Waals surface area contributed by atoms with E-state index < -0.39 is 5.82 Å². The lowest BCUT2D eigenvalue weighted by Gasteiger charge is -2.31. The molecule has 1 heterocycles. The number of carbonyl (C=O) groups excluding carboxylic acids is 1. The van der Waals surface area contributed by atoms with Gasteiger partial charge in [0, 0.05) is 23.7 Å². The number of carbonyl (C=O) groups is 1. The number of benzene rings is 2. The molecule has 2 N–H and O–H groups in total. The number of halogens is 3. The Labute approximate surface area is 163 Å². The number of ether oxygens (including phenoxy) is 1. The highest BCUT2D eigenvalue weighted by Crippen LogP contribution is 2.27. The minimum Gasteiger partial charge on any atom is -0.454 e. The molecule has 1 aliphatic heterocycles. The monoisotopic (exact) mass is 398 g/mol. The van der Waals surface area contributed by atoms with Crippen molar-refractivity contribution in [1.29, 1.82) is 0 Å². The zero-order chi connectivity index (χ0) is 17.8. The summed E-state index contributed by atoms with van der Waals surface area (Å²) < 4.78 is 19.8. The summed E-state index contributed by atoms with van der Waals surface area (Å²) in [6.07, 6.45) is 1.78. The van der Waals surface area contributed by atoms with Crippen LogP contribution in [0.5, 0.6) is 11.5 Å². The van der Waals surface area contributed by atoms with Gasteiger partial charge in [0.2, 0.25) is 0 Å². The van der Waals surface area contributed by atoms with Crippen LogP contribution >= 0.6 is 24.0 Å². The predicted octanol–water partition coefficient (Wildman–Crippen LogP) is 4.50. The van der Waals surface area contributed by atoms with Gasteiger partial charge < -0.3 is 15.4 Å². The summed E-state index contributed by atoms with van der Waals surface area (Å²) in [6.45, 7) is 1.96. The number of nitrogens with zero attached hydrogens (tertiary/aromatic N) is 1. The van der Waals surface area contributed by atoms with E-state index in [1.54, 1.807) is 35.2 Å². The third-order valence-electron chi connectivity index (χ3n) is 4.46. The first kappa shape index (κ1) is 20.5. The molecule has 1 aliphatic rings. The molecule has 0 aliphatic carbocycles. The Bertz CT molecular complexity index is 748. The number of piperidine rings is 1. The van der Waals surface area contributed by atoms with Crippen molar-refractivity contribution in [3.8, 4) is 11.5 Å². The first-order valence-corrected chi connectivity index (χ1v) is 8.67. The SMILES string of the molecule is Cl.NCC1CCN(C(=O)c2ccc(Oc3ccc(Cl)cc3)c(F)c2)CC1. The summed E-state index contributed by atoms with van der Waals surface area (Å²) in [6, 6.07) is 10.9. The van der Waals surface area contributed by atoms with Crippen LogP contribution in [-0.4, -0.2) is 30.4 Å². The zero-order valence-corrected chi connectivity index (χ0v) is 15.7. The second kappa shape index (κ2) is 9.21. The Balaban J connectivity index is 0.00000243. The highest BCUT2D eigenvalue weighted by atomic mass is 35.5. The van der Waals surface area contributed by atoms with Gasteiger partial charge in [-0.3, -0.25) is 4.79 Å². The van der Waals surface area contributed by atoms with E-state index in [9.17, 15) is 9.18 Å². The minimum absolute atomic E-state index is 0. The van der Waals surface area contributed by atoms with Crippen LogP contribution < -0.4 is 10.5 Å². The molecule has 3 rings (SSSR count). The lowest BCUT2D eigenvalue weighted by Crippen LogP contribution is -2.40. The molecule has 7 heteroatoms. The Morgan fingerprint density at radius 3 is 2.42 bits per heavy atom. The Morgan fingerprint density at radius 1 is 1.19 bits per heavy atom. The largest absolute Gasteiger partial charge is 0.454 e. The van der Waals surface area contributed by atoms with E-state index in [-0.39, 0.29) is 24.1 Å². The molecular formula is C19H21Cl2FN2O2. The highest BCUT2D eigenvalue weighted by molar-refractivity contribution is 6.30. The number of hydrogen-bond donors (Lipinski definition) is 1. The average Bonchev–Trinajstić information content (AvgIpc) is 2.64. The fourth-order valence-corrected chi connectivity index (χ4v) is 3.03. The van der Waals surface area contributed by atoms with Gasteiger partial charge in [-0.1, -0.05) is 11.6 Å². The van der Waals surface area contributed by atoms with Crippen molar-refractivity contribution in [3.05, 3.63) is 58.9 Å². The Morgan fingerprint density at radius 2 is 1.85 bits per heavy atom. The van der Waals surface area contributed by atoms with Crippen LogP contribution in [0.4, 0.5) is 4.39 Å². The van der Waals surface area contributed by atoms with Gasteiger partial charge in [-0.2, -0.15) is 0 Å². The molecule has 140 valence electrons. The maximum Gasteiger partial charge on any atom is 0.253 e. The molecule has 2 aromatic rings. The first-order valence-electron chi connectivity index (χ1n) is 8.29. The second-order valence-electron chi connectivity index (χ2n) is 6.17. The topological polar surface area (TPSA) is 55.6 Å². The van der Waals surface area contributed by atoms with Gasteiger partial charge in [0.1, 0.15) is 5.75 Å². The molecule has 0 saturated carbocycles. The van der Waals surface area contributed by atoms with Gasteiger partial charge in [-0.05, 0) is 67.8 Å². The zero-order valence-electron chi connectivity index (χ0n) is 14.2. The van der Waals surface area contributed by atoms with E-state index in [2.05, 4.69) is 0 Å². The number of likely N-dealkylation sites (tertiary alicyclic amines) is 1. The van der Waals surface area contributed by atoms with Gasteiger partial charge in [-0.25, -0.2) is 4.39 Å². The Kier molecular flexibility index (Phi) is 7.26. The fourth-order valence-electron chi connectivity index (χ4n) is 2.90. The van der Waals surface area contributed by atoms with Crippen LogP contribution in [0.2, 0.25) is 5.02 Å². The predicted molar refractivity (Wildman–Crippen MR) is 103 cm³/mol. The van der Waals surface area contributed by atoms with E-state index in [1.807, 2.05) is 0 Å². The maximum absolute atomic E-state index is 14.3. The number of nitrogens with two attached hydrogens (primary N) is 1. The van der Waals surface area contributed by atoms with E-state index in [1.165, 1.54) is 12.1 Å². The van der Waals surface area contributed by atoms with Crippen molar-refractivity contribution in [2.45, 2.75) is 12.8 Å². The Hall–Kier alpha value is -1.82. The quantitative estimate of drug-likeness (QED) is 0.824. The normalized spacial score (nSPS) is 14.7. The van der Waals surface area contributed by atoms with Gasteiger partial charge in [0.15, 0.2) is 11.6 Å². The highest BCUT2D eigenvalue weighted by Gasteiger charge is 2.23. The fraction of sp³-hybridized carbons (Fsp3) is 0.316. The number of hydrogen-bond acceptors (Lipinski definition) is 3. The van der Waals surface area contributed by atoms with Crippen molar-refractivity contribution in [3.63, 3.8) is 0 Å². The summed E-state index contributed by atoms with van der Waals surface area (Å²) in [5, 5.41) is 0.576. The molecule has 0 radical (unpaired) electrons. The van der Waals surface area contributed by atoms with Crippen molar-refractivity contribution in [2.75, 3.05) is 19.6 Å². The van der Waals surface area contributed by atoms with Gasteiger partial charge >= 0.3 is 0 Å². The van der Waals surface area contributed by atoms with Crippen LogP contribution in [0.1, 0.15) is 23.2 Å². The summed E-state index contributed by atoms with van der Waals surface area (Å²) in [5.41, 5.74) is 6.00. The van der Waals surface area contributed by atoms with E-state index in [0.717, 1.165) is 12.8 Å². The van der Waals surface area contributed by atoms with Crippen LogP contribution in [0.15, 0.2) is 42.5 Å². The molecule has 26 heavy (non-hydrogen) atoms. The summed E-state index contributed by atoms with van der Waals surface area (Å²) in [5.74, 6) is 0.285. The van der Waals surface area contributed by atoms with Gasteiger partial charge in [0.25, 0.3) is 5.91 Å². The summed E-state index contributed by atoms with van der Waals surface area (Å²) >= 11 is 5.81. The molecule has 0 unspecified atom stereocenters. The van der Waals surface area contributed by atoms with Crippen LogP contribution in [0.25, 0.3) is 0 Å². The molecule has 2 aromatic carbocycles. The minimum atomic E-state index is -0.572. The molecule has 1 fully saturated rings. The smallest absolute Gasteiger partial charge is 0.253 e. The maximum atomic E-state index is 14.3. The third-order valence-corrected chi connectivity index (χ3v) is 4.71. The first-order chi connectivity index (χ1) is 12.1.